The third-order valence-corrected chi connectivity index (χ3v) is 6.13. The van der Waals surface area contributed by atoms with E-state index >= 15 is 0 Å². The zero-order chi connectivity index (χ0) is 24.4. The predicted molar refractivity (Wildman–Crippen MR) is 143 cm³/mol. The fraction of sp³-hybridized carbons (Fsp3) is 0.333. The Labute approximate surface area is 199 Å². The van der Waals surface area contributed by atoms with Gasteiger partial charge in [0.15, 0.2) is 0 Å². The molecule has 0 saturated carbocycles. The molecule has 33 heavy (non-hydrogen) atoms. The monoisotopic (exact) mass is 439 g/mol. The number of nitrogens with zero attached hydrogens (tertiary/aromatic N) is 3. The van der Waals surface area contributed by atoms with Gasteiger partial charge in [0.25, 0.3) is 0 Å². The molecule has 172 valence electrons. The van der Waals surface area contributed by atoms with Gasteiger partial charge in [-0.2, -0.15) is 0 Å². The molecular weight excluding hydrogens is 402 g/mol. The Balaban J connectivity index is 2.18. The van der Waals surface area contributed by atoms with Gasteiger partial charge in [-0.15, -0.1) is 5.11 Å². The van der Waals surface area contributed by atoms with Crippen LogP contribution < -0.4 is 5.01 Å². The van der Waals surface area contributed by atoms with Crippen LogP contribution in [0.5, 0.6) is 0 Å². The first-order chi connectivity index (χ1) is 15.5. The third kappa shape index (κ3) is 5.42. The Morgan fingerprint density at radius 2 is 1.00 bits per heavy atom. The standard InChI is InChI=1S/C30H37N3/c1-18-11-21(4)28(22(5)12-18)27(10)17-33(30-25(8)15-20(3)16-26(30)9)32-31-29-23(6)13-19(2)14-24(29)7/h11-17H,1-10H3/b27-17+,32-31?. The van der Waals surface area contributed by atoms with E-state index < -0.39 is 0 Å². The van der Waals surface area contributed by atoms with Gasteiger partial charge in [0.2, 0.25) is 0 Å². The first kappa shape index (κ1) is 24.4. The lowest BCUT2D eigenvalue weighted by molar-refractivity contribution is 0.946. The van der Waals surface area contributed by atoms with Crippen molar-refractivity contribution < 1.29 is 0 Å². The summed E-state index contributed by atoms with van der Waals surface area (Å²) >= 11 is 0. The predicted octanol–water partition coefficient (Wildman–Crippen LogP) is 9.03. The average molecular weight is 440 g/mol. The van der Waals surface area contributed by atoms with Gasteiger partial charge in [0.1, 0.15) is 0 Å². The highest BCUT2D eigenvalue weighted by Crippen LogP contribution is 2.32. The number of hydrogen-bond donors (Lipinski definition) is 0. The van der Waals surface area contributed by atoms with Crippen molar-refractivity contribution in [3.05, 3.63) is 98.2 Å². The minimum Gasteiger partial charge on any atom is -0.222 e. The van der Waals surface area contributed by atoms with E-state index in [2.05, 4.69) is 112 Å². The SMILES string of the molecule is C/C(=C\N(N=Nc1c(C)cc(C)cc1C)c1c(C)cc(C)cc1C)c1c(C)cc(C)cc1C. The van der Waals surface area contributed by atoms with Crippen molar-refractivity contribution in [2.24, 2.45) is 10.3 Å². The van der Waals surface area contributed by atoms with E-state index in [9.17, 15) is 0 Å². The normalized spacial score (nSPS) is 12.0. The number of anilines is 1. The molecule has 0 bridgehead atoms. The number of rotatable bonds is 5. The number of hydrogen-bond acceptors (Lipinski definition) is 2. The number of aryl methyl sites for hydroxylation is 9. The highest BCUT2D eigenvalue weighted by Gasteiger charge is 2.14. The third-order valence-electron chi connectivity index (χ3n) is 6.13. The molecule has 0 unspecified atom stereocenters. The van der Waals surface area contributed by atoms with Crippen LogP contribution in [0.15, 0.2) is 52.9 Å². The molecule has 0 heterocycles. The topological polar surface area (TPSA) is 28.0 Å². The van der Waals surface area contributed by atoms with Gasteiger partial charge in [-0.05, 0) is 114 Å². The zero-order valence-corrected chi connectivity index (χ0v) is 21.9. The van der Waals surface area contributed by atoms with Gasteiger partial charge in [-0.1, -0.05) is 58.3 Å². The van der Waals surface area contributed by atoms with Crippen LogP contribution in [0.4, 0.5) is 11.4 Å². The first-order valence-corrected chi connectivity index (χ1v) is 11.6. The van der Waals surface area contributed by atoms with Crippen LogP contribution in [0, 0.1) is 62.3 Å². The second-order valence-electron chi connectivity index (χ2n) is 9.61. The Hall–Kier alpha value is -3.20. The molecule has 0 aromatic heterocycles. The molecule has 0 fully saturated rings. The van der Waals surface area contributed by atoms with Gasteiger partial charge in [0, 0.05) is 6.20 Å². The van der Waals surface area contributed by atoms with Crippen LogP contribution in [0.2, 0.25) is 0 Å². The van der Waals surface area contributed by atoms with E-state index in [1.165, 1.54) is 50.1 Å². The Morgan fingerprint density at radius 1 is 0.606 bits per heavy atom. The minimum absolute atomic E-state index is 0.932. The van der Waals surface area contributed by atoms with Gasteiger partial charge >= 0.3 is 0 Å². The summed E-state index contributed by atoms with van der Waals surface area (Å²) in [5, 5.41) is 11.5. The molecule has 0 saturated heterocycles. The van der Waals surface area contributed by atoms with Crippen LogP contribution in [-0.4, -0.2) is 0 Å². The van der Waals surface area contributed by atoms with Crippen molar-refractivity contribution in [3.8, 4) is 0 Å². The molecule has 0 aliphatic rings. The van der Waals surface area contributed by atoms with Crippen molar-refractivity contribution >= 4 is 16.9 Å². The van der Waals surface area contributed by atoms with Crippen LogP contribution in [0.25, 0.3) is 5.57 Å². The first-order valence-electron chi connectivity index (χ1n) is 11.6. The van der Waals surface area contributed by atoms with E-state index in [1.807, 2.05) is 5.01 Å². The van der Waals surface area contributed by atoms with Gasteiger partial charge in [-0.25, -0.2) is 5.01 Å². The van der Waals surface area contributed by atoms with Crippen molar-refractivity contribution in [1.29, 1.82) is 0 Å². The fourth-order valence-corrected chi connectivity index (χ4v) is 5.14. The summed E-state index contributed by atoms with van der Waals surface area (Å²) in [4.78, 5) is 0. The Morgan fingerprint density at radius 3 is 1.45 bits per heavy atom. The minimum atomic E-state index is 0.932. The summed E-state index contributed by atoms with van der Waals surface area (Å²) < 4.78 is 0. The Bertz CT molecular complexity index is 1190. The van der Waals surface area contributed by atoms with Crippen molar-refractivity contribution in [1.82, 2.24) is 0 Å². The van der Waals surface area contributed by atoms with Crippen molar-refractivity contribution in [3.63, 3.8) is 0 Å². The molecule has 0 amide bonds. The molecule has 0 atom stereocenters. The lowest BCUT2D eigenvalue weighted by Crippen LogP contribution is -2.11. The maximum atomic E-state index is 4.79. The molecule has 0 spiro atoms. The maximum Gasteiger partial charge on any atom is 0.0932 e. The summed E-state index contributed by atoms with van der Waals surface area (Å²) in [5.41, 5.74) is 15.4. The molecule has 3 aromatic carbocycles. The lowest BCUT2D eigenvalue weighted by Gasteiger charge is -2.21. The van der Waals surface area contributed by atoms with Gasteiger partial charge in [-0.3, -0.25) is 0 Å². The van der Waals surface area contributed by atoms with Crippen LogP contribution in [0.3, 0.4) is 0 Å². The van der Waals surface area contributed by atoms with E-state index in [0.717, 1.165) is 22.5 Å². The highest BCUT2D eigenvalue weighted by molar-refractivity contribution is 5.73. The molecule has 0 aliphatic carbocycles. The van der Waals surface area contributed by atoms with E-state index in [4.69, 9.17) is 10.3 Å². The quantitative estimate of drug-likeness (QED) is 0.288. The molecular formula is C30H37N3. The average Bonchev–Trinajstić information content (AvgIpc) is 2.65. The smallest absolute Gasteiger partial charge is 0.0932 e. The van der Waals surface area contributed by atoms with Crippen LogP contribution in [0.1, 0.15) is 62.6 Å². The number of benzene rings is 3. The maximum absolute atomic E-state index is 4.79. The molecule has 3 heteroatoms. The number of allylic oxidation sites excluding steroid dienone is 1. The van der Waals surface area contributed by atoms with Gasteiger partial charge in [0.05, 0.1) is 11.4 Å². The summed E-state index contributed by atoms with van der Waals surface area (Å²) in [6, 6.07) is 13.2. The second-order valence-corrected chi connectivity index (χ2v) is 9.61. The summed E-state index contributed by atoms with van der Waals surface area (Å²) in [5.74, 6) is 0. The van der Waals surface area contributed by atoms with E-state index in [0.29, 0.717) is 0 Å². The van der Waals surface area contributed by atoms with Crippen LogP contribution in [-0.2, 0) is 0 Å². The van der Waals surface area contributed by atoms with E-state index in [1.54, 1.807) is 0 Å². The lowest BCUT2D eigenvalue weighted by atomic mass is 9.95. The van der Waals surface area contributed by atoms with Gasteiger partial charge < -0.3 is 0 Å². The largest absolute Gasteiger partial charge is 0.222 e. The molecule has 0 N–H and O–H groups in total. The van der Waals surface area contributed by atoms with E-state index in [-0.39, 0.29) is 0 Å². The molecule has 3 nitrogen and oxygen atoms in total. The van der Waals surface area contributed by atoms with Crippen LogP contribution >= 0.6 is 0 Å². The molecule has 3 aromatic rings. The molecule has 0 aliphatic heterocycles. The zero-order valence-electron chi connectivity index (χ0n) is 21.9. The fourth-order valence-electron chi connectivity index (χ4n) is 5.14. The highest BCUT2D eigenvalue weighted by atomic mass is 15.5. The summed E-state index contributed by atoms with van der Waals surface area (Å²) in [6.45, 7) is 21.4. The Kier molecular flexibility index (Phi) is 7.22. The second kappa shape index (κ2) is 9.74. The summed E-state index contributed by atoms with van der Waals surface area (Å²) in [7, 11) is 0. The molecule has 0 radical (unpaired) electrons. The van der Waals surface area contributed by atoms with Crippen molar-refractivity contribution in [2.45, 2.75) is 69.2 Å². The van der Waals surface area contributed by atoms with Crippen molar-refractivity contribution in [2.75, 3.05) is 5.01 Å². The summed E-state index contributed by atoms with van der Waals surface area (Å²) in [6.07, 6.45) is 2.12. The molecule has 3 rings (SSSR count).